The molecule has 1 atom stereocenters. The van der Waals surface area contributed by atoms with Crippen LogP contribution in [0.3, 0.4) is 0 Å². The second-order valence-corrected chi connectivity index (χ2v) is 6.42. The van der Waals surface area contributed by atoms with Crippen molar-refractivity contribution in [1.82, 2.24) is 14.7 Å². The minimum Gasteiger partial charge on any atom is -0.397 e. The van der Waals surface area contributed by atoms with Crippen molar-refractivity contribution in [3.8, 4) is 0 Å². The molecule has 2 aromatic rings. The average molecular weight is 309 g/mol. The van der Waals surface area contributed by atoms with Crippen molar-refractivity contribution < 1.29 is 8.42 Å². The number of anilines is 2. The molecule has 0 aliphatic rings. The summed E-state index contributed by atoms with van der Waals surface area (Å²) in [5, 5.41) is 3.26. The van der Waals surface area contributed by atoms with Gasteiger partial charge in [0.15, 0.2) is 0 Å². The molecule has 8 heteroatoms. The van der Waals surface area contributed by atoms with Gasteiger partial charge in [-0.05, 0) is 31.7 Å². The molecule has 0 radical (unpaired) electrons. The van der Waals surface area contributed by atoms with Gasteiger partial charge in [0.2, 0.25) is 10.0 Å². The van der Waals surface area contributed by atoms with Crippen molar-refractivity contribution in [2.45, 2.75) is 24.3 Å². The van der Waals surface area contributed by atoms with Crippen LogP contribution in [0.15, 0.2) is 35.5 Å². The number of aromatic nitrogens is 2. The van der Waals surface area contributed by atoms with Crippen LogP contribution in [0.1, 0.15) is 25.2 Å². The zero-order valence-corrected chi connectivity index (χ0v) is 12.7. The van der Waals surface area contributed by atoms with Crippen LogP contribution in [-0.4, -0.2) is 25.4 Å². The summed E-state index contributed by atoms with van der Waals surface area (Å²) in [6.45, 7) is 2.02. The summed E-state index contributed by atoms with van der Waals surface area (Å²) in [6, 6.07) is 4.59. The second kappa shape index (κ2) is 6.15. The first kappa shape index (κ1) is 15.3. The second-order valence-electron chi connectivity index (χ2n) is 4.54. The lowest BCUT2D eigenvalue weighted by Crippen LogP contribution is -2.19. The minimum atomic E-state index is -3.49. The zero-order valence-electron chi connectivity index (χ0n) is 11.9. The number of nitrogens with zero attached hydrogens (tertiary/aromatic N) is 1. The summed E-state index contributed by atoms with van der Waals surface area (Å²) in [5.41, 5.74) is 6.99. The molecule has 7 nitrogen and oxygen atoms in total. The molecule has 0 spiro atoms. The number of nitrogen functional groups attached to an aromatic ring is 1. The van der Waals surface area contributed by atoms with Crippen LogP contribution in [0, 0.1) is 0 Å². The quantitative estimate of drug-likeness (QED) is 0.603. The van der Waals surface area contributed by atoms with Gasteiger partial charge in [0.1, 0.15) is 5.82 Å². The number of benzene rings is 1. The fourth-order valence-corrected chi connectivity index (χ4v) is 2.74. The molecule has 1 unspecified atom stereocenters. The molecule has 21 heavy (non-hydrogen) atoms. The lowest BCUT2D eigenvalue weighted by Gasteiger charge is -2.18. The van der Waals surface area contributed by atoms with E-state index in [4.69, 9.17) is 5.73 Å². The van der Waals surface area contributed by atoms with Crippen LogP contribution in [0.2, 0.25) is 0 Å². The summed E-state index contributed by atoms with van der Waals surface area (Å²) in [7, 11) is -2.13. The third kappa shape index (κ3) is 3.34. The summed E-state index contributed by atoms with van der Waals surface area (Å²) >= 11 is 0. The van der Waals surface area contributed by atoms with Crippen molar-refractivity contribution in [2.24, 2.45) is 0 Å². The highest BCUT2D eigenvalue weighted by atomic mass is 32.2. The topological polar surface area (TPSA) is 113 Å². The fourth-order valence-electron chi connectivity index (χ4n) is 1.98. The third-order valence-corrected chi connectivity index (χ3v) is 4.60. The number of nitrogens with two attached hydrogens (primary N) is 1. The maximum Gasteiger partial charge on any atom is 0.240 e. The Morgan fingerprint density at radius 2 is 2.19 bits per heavy atom. The fraction of sp³-hybridized carbons (Fsp3) is 0.308. The van der Waals surface area contributed by atoms with Crippen LogP contribution in [0.5, 0.6) is 0 Å². The standard InChI is InChI=1S/C13H19N5O2S/c1-3-11(13-16-6-7-17-13)18-12-5-4-9(8-10(12)14)21(19,20)15-2/h4-8,11,15,18H,3,14H2,1-2H3,(H,16,17). The molecule has 1 aromatic carbocycles. The number of hydrogen-bond acceptors (Lipinski definition) is 5. The SMILES string of the molecule is CCC(Nc1ccc(S(=O)(=O)NC)cc1N)c1ncc[nH]1. The van der Waals surface area contributed by atoms with Gasteiger partial charge in [-0.3, -0.25) is 0 Å². The predicted molar refractivity (Wildman–Crippen MR) is 82.3 cm³/mol. The molecule has 0 saturated carbocycles. The number of sulfonamides is 1. The van der Waals surface area contributed by atoms with Gasteiger partial charge in [-0.15, -0.1) is 0 Å². The lowest BCUT2D eigenvalue weighted by molar-refractivity contribution is 0.588. The van der Waals surface area contributed by atoms with Gasteiger partial charge in [-0.25, -0.2) is 18.1 Å². The van der Waals surface area contributed by atoms with E-state index in [1.807, 2.05) is 6.92 Å². The minimum absolute atomic E-state index is 0.0194. The number of H-pyrrole nitrogens is 1. The van der Waals surface area contributed by atoms with Crippen LogP contribution in [0.25, 0.3) is 0 Å². The molecule has 1 aromatic heterocycles. The largest absolute Gasteiger partial charge is 0.397 e. The molecular weight excluding hydrogens is 290 g/mol. The number of hydrogen-bond donors (Lipinski definition) is 4. The number of nitrogens with one attached hydrogen (secondary N) is 3. The van der Waals surface area contributed by atoms with E-state index in [0.717, 1.165) is 12.2 Å². The lowest BCUT2D eigenvalue weighted by atomic mass is 10.2. The molecule has 0 aliphatic heterocycles. The maximum atomic E-state index is 11.7. The molecule has 0 amide bonds. The first-order chi connectivity index (χ1) is 9.97. The highest BCUT2D eigenvalue weighted by Crippen LogP contribution is 2.27. The number of imidazole rings is 1. The van der Waals surface area contributed by atoms with E-state index in [2.05, 4.69) is 20.0 Å². The molecule has 0 bridgehead atoms. The van der Waals surface area contributed by atoms with Gasteiger partial charge in [0.25, 0.3) is 0 Å². The average Bonchev–Trinajstić information content (AvgIpc) is 3.00. The van der Waals surface area contributed by atoms with Gasteiger partial charge in [-0.1, -0.05) is 6.92 Å². The molecule has 114 valence electrons. The van der Waals surface area contributed by atoms with Crippen molar-refractivity contribution >= 4 is 21.4 Å². The van der Waals surface area contributed by atoms with E-state index in [0.29, 0.717) is 11.4 Å². The summed E-state index contributed by atoms with van der Waals surface area (Å²) in [4.78, 5) is 7.41. The molecule has 0 saturated heterocycles. The molecule has 1 heterocycles. The first-order valence-corrected chi connectivity index (χ1v) is 8.05. The highest BCUT2D eigenvalue weighted by Gasteiger charge is 2.16. The van der Waals surface area contributed by atoms with E-state index in [-0.39, 0.29) is 10.9 Å². The van der Waals surface area contributed by atoms with Gasteiger partial charge in [0.05, 0.1) is 22.3 Å². The monoisotopic (exact) mass is 309 g/mol. The summed E-state index contributed by atoms with van der Waals surface area (Å²) < 4.78 is 25.7. The number of rotatable bonds is 6. The maximum absolute atomic E-state index is 11.7. The van der Waals surface area contributed by atoms with Crippen LogP contribution in [0.4, 0.5) is 11.4 Å². The van der Waals surface area contributed by atoms with E-state index in [1.165, 1.54) is 19.2 Å². The van der Waals surface area contributed by atoms with E-state index >= 15 is 0 Å². The summed E-state index contributed by atoms with van der Waals surface area (Å²) in [6.07, 6.45) is 4.25. The van der Waals surface area contributed by atoms with Gasteiger partial charge >= 0.3 is 0 Å². The Labute approximate surface area is 124 Å². The van der Waals surface area contributed by atoms with E-state index in [9.17, 15) is 8.42 Å². The van der Waals surface area contributed by atoms with Gasteiger partial charge in [0, 0.05) is 12.4 Å². The first-order valence-electron chi connectivity index (χ1n) is 6.56. The predicted octanol–water partition coefficient (Wildman–Crippen LogP) is 1.46. The molecule has 0 fully saturated rings. The Kier molecular flexibility index (Phi) is 4.49. The van der Waals surface area contributed by atoms with Gasteiger partial charge < -0.3 is 16.0 Å². The Morgan fingerprint density at radius 3 is 2.71 bits per heavy atom. The molecular formula is C13H19N5O2S. The van der Waals surface area contributed by atoms with Crippen molar-refractivity contribution in [2.75, 3.05) is 18.1 Å². The highest BCUT2D eigenvalue weighted by molar-refractivity contribution is 7.89. The molecule has 2 rings (SSSR count). The van der Waals surface area contributed by atoms with E-state index < -0.39 is 10.0 Å². The number of aromatic amines is 1. The van der Waals surface area contributed by atoms with Crippen LogP contribution in [-0.2, 0) is 10.0 Å². The Morgan fingerprint density at radius 1 is 1.43 bits per heavy atom. The Hall–Kier alpha value is -2.06. The van der Waals surface area contributed by atoms with Crippen molar-refractivity contribution in [1.29, 1.82) is 0 Å². The van der Waals surface area contributed by atoms with Gasteiger partial charge in [-0.2, -0.15) is 0 Å². The Bertz CT molecular complexity index is 697. The normalized spacial score (nSPS) is 13.0. The Balaban J connectivity index is 2.26. The van der Waals surface area contributed by atoms with Crippen LogP contribution < -0.4 is 15.8 Å². The summed E-state index contributed by atoms with van der Waals surface area (Å²) in [5.74, 6) is 0.809. The third-order valence-electron chi connectivity index (χ3n) is 3.19. The smallest absolute Gasteiger partial charge is 0.240 e. The van der Waals surface area contributed by atoms with Crippen molar-refractivity contribution in [3.05, 3.63) is 36.4 Å². The molecule has 5 N–H and O–H groups in total. The van der Waals surface area contributed by atoms with Crippen molar-refractivity contribution in [3.63, 3.8) is 0 Å². The van der Waals surface area contributed by atoms with Crippen LogP contribution >= 0.6 is 0 Å². The zero-order chi connectivity index (χ0) is 15.5. The van der Waals surface area contributed by atoms with E-state index in [1.54, 1.807) is 18.5 Å². The molecule has 0 aliphatic carbocycles.